The molecule has 0 saturated carbocycles. The predicted octanol–water partition coefficient (Wildman–Crippen LogP) is 4.20. The second-order valence-electron chi connectivity index (χ2n) is 5.90. The van der Waals surface area contributed by atoms with E-state index in [1.807, 2.05) is 11.4 Å². The van der Waals surface area contributed by atoms with E-state index in [4.69, 9.17) is 4.74 Å². The number of carbonyl (C=O) groups is 1. The number of carbonyl (C=O) groups excluding carboxylic acids is 1. The third-order valence-corrected chi connectivity index (χ3v) is 5.00. The average molecular weight is 348 g/mol. The Balaban J connectivity index is 1.48. The number of ether oxygens (including phenoxy) is 1. The largest absolute Gasteiger partial charge is 0.487 e. The Labute approximate surface area is 145 Å². The summed E-state index contributed by atoms with van der Waals surface area (Å²) >= 11 is 1.67. The number of hydrogen-bond donors (Lipinski definition) is 1. The van der Waals surface area contributed by atoms with Crippen molar-refractivity contribution in [3.63, 3.8) is 0 Å². The molecule has 1 N–H and O–H groups in total. The van der Waals surface area contributed by atoms with E-state index in [9.17, 15) is 9.18 Å². The Morgan fingerprint density at radius 1 is 1.38 bits per heavy atom. The van der Waals surface area contributed by atoms with Gasteiger partial charge in [-0.1, -0.05) is 19.4 Å². The van der Waals surface area contributed by atoms with Gasteiger partial charge < -0.3 is 15.0 Å². The van der Waals surface area contributed by atoms with Crippen LogP contribution < -0.4 is 10.1 Å². The number of rotatable bonds is 6. The van der Waals surface area contributed by atoms with Gasteiger partial charge in [0, 0.05) is 4.88 Å². The Hall–Kier alpha value is -2.08. The Morgan fingerprint density at radius 3 is 2.75 bits per heavy atom. The first-order valence-corrected chi connectivity index (χ1v) is 9.04. The summed E-state index contributed by atoms with van der Waals surface area (Å²) in [5, 5.41) is 5.13. The summed E-state index contributed by atoms with van der Waals surface area (Å²) in [5.41, 5.74) is 0. The third kappa shape index (κ3) is 4.06. The first-order valence-electron chi connectivity index (χ1n) is 8.16. The molecule has 2 amide bonds. The molecule has 1 aromatic carbocycles. The van der Waals surface area contributed by atoms with Gasteiger partial charge in [0.15, 0.2) is 0 Å². The van der Waals surface area contributed by atoms with Gasteiger partial charge in [-0.3, -0.25) is 0 Å². The maximum Gasteiger partial charge on any atom is 0.318 e. The van der Waals surface area contributed by atoms with Crippen LogP contribution in [0.4, 0.5) is 9.18 Å². The van der Waals surface area contributed by atoms with Crippen molar-refractivity contribution in [3.05, 3.63) is 52.5 Å². The molecule has 1 atom stereocenters. The van der Waals surface area contributed by atoms with E-state index < -0.39 is 0 Å². The standard InChI is InChI=1S/C18H21FN2O2S/c1-2-4-16(17-5-3-10-24-17)20-18(22)21-11-15(12-21)23-14-8-6-13(19)7-9-14/h3,5-10,15-16H,2,4,11-12H2,1H3,(H,20,22)/t16-/m1/s1. The van der Waals surface area contributed by atoms with Crippen LogP contribution in [0.5, 0.6) is 5.75 Å². The first-order chi connectivity index (χ1) is 11.7. The average Bonchev–Trinajstić information content (AvgIpc) is 3.06. The number of nitrogens with one attached hydrogen (secondary N) is 1. The molecular weight excluding hydrogens is 327 g/mol. The van der Waals surface area contributed by atoms with Crippen molar-refractivity contribution >= 4 is 17.4 Å². The molecule has 4 nitrogen and oxygen atoms in total. The fourth-order valence-corrected chi connectivity index (χ4v) is 3.50. The fraction of sp³-hybridized carbons (Fsp3) is 0.389. The number of hydrogen-bond acceptors (Lipinski definition) is 3. The van der Waals surface area contributed by atoms with E-state index in [-0.39, 0.29) is 24.0 Å². The van der Waals surface area contributed by atoms with Crippen LogP contribution in [0.3, 0.4) is 0 Å². The van der Waals surface area contributed by atoms with Crippen LogP contribution in [0.15, 0.2) is 41.8 Å². The highest BCUT2D eigenvalue weighted by Gasteiger charge is 2.33. The molecule has 0 bridgehead atoms. The highest BCUT2D eigenvalue weighted by Crippen LogP contribution is 2.24. The van der Waals surface area contributed by atoms with E-state index in [0.29, 0.717) is 18.8 Å². The lowest BCUT2D eigenvalue weighted by Crippen LogP contribution is -2.59. The summed E-state index contributed by atoms with van der Waals surface area (Å²) < 4.78 is 18.6. The quantitative estimate of drug-likeness (QED) is 0.850. The Kier molecular flexibility index (Phi) is 5.35. The highest BCUT2D eigenvalue weighted by molar-refractivity contribution is 7.10. The van der Waals surface area contributed by atoms with Gasteiger partial charge in [0.1, 0.15) is 17.7 Å². The van der Waals surface area contributed by atoms with Gasteiger partial charge in [-0.15, -0.1) is 11.3 Å². The molecule has 1 fully saturated rings. The lowest BCUT2D eigenvalue weighted by molar-refractivity contribution is 0.0433. The van der Waals surface area contributed by atoms with Crippen molar-refractivity contribution in [1.29, 1.82) is 0 Å². The van der Waals surface area contributed by atoms with Crippen molar-refractivity contribution in [3.8, 4) is 5.75 Å². The van der Waals surface area contributed by atoms with E-state index in [2.05, 4.69) is 18.3 Å². The van der Waals surface area contributed by atoms with E-state index in [0.717, 1.165) is 12.8 Å². The number of urea groups is 1. The number of halogens is 1. The topological polar surface area (TPSA) is 41.6 Å². The second kappa shape index (κ2) is 7.66. The summed E-state index contributed by atoms with van der Waals surface area (Å²) in [7, 11) is 0. The zero-order valence-corrected chi connectivity index (χ0v) is 14.4. The Bertz CT molecular complexity index is 654. The zero-order valence-electron chi connectivity index (χ0n) is 13.6. The molecule has 1 aromatic heterocycles. The van der Waals surface area contributed by atoms with Crippen LogP contribution in [-0.2, 0) is 0 Å². The van der Waals surface area contributed by atoms with Crippen molar-refractivity contribution in [2.45, 2.75) is 31.9 Å². The maximum absolute atomic E-state index is 12.9. The molecule has 1 aliphatic heterocycles. The van der Waals surface area contributed by atoms with Crippen LogP contribution in [0.2, 0.25) is 0 Å². The minimum Gasteiger partial charge on any atom is -0.487 e. The van der Waals surface area contributed by atoms with Crippen LogP contribution in [0, 0.1) is 5.82 Å². The van der Waals surface area contributed by atoms with Crippen LogP contribution in [-0.4, -0.2) is 30.1 Å². The van der Waals surface area contributed by atoms with E-state index in [1.165, 1.54) is 17.0 Å². The molecule has 128 valence electrons. The van der Waals surface area contributed by atoms with E-state index >= 15 is 0 Å². The van der Waals surface area contributed by atoms with Gasteiger partial charge in [-0.2, -0.15) is 0 Å². The smallest absolute Gasteiger partial charge is 0.318 e. The van der Waals surface area contributed by atoms with Crippen LogP contribution >= 0.6 is 11.3 Å². The van der Waals surface area contributed by atoms with Gasteiger partial charge in [-0.05, 0) is 42.1 Å². The zero-order chi connectivity index (χ0) is 16.9. The molecule has 1 aliphatic rings. The third-order valence-electron chi connectivity index (χ3n) is 4.01. The van der Waals surface area contributed by atoms with Crippen molar-refractivity contribution in [2.75, 3.05) is 13.1 Å². The highest BCUT2D eigenvalue weighted by atomic mass is 32.1. The summed E-state index contributed by atoms with van der Waals surface area (Å²) in [6, 6.07) is 10.0. The number of thiophene rings is 1. The number of likely N-dealkylation sites (tertiary alicyclic amines) is 1. The molecule has 6 heteroatoms. The normalized spacial score (nSPS) is 15.7. The second-order valence-corrected chi connectivity index (χ2v) is 6.88. The summed E-state index contributed by atoms with van der Waals surface area (Å²) in [5.74, 6) is 0.344. The van der Waals surface area contributed by atoms with Gasteiger partial charge in [0.05, 0.1) is 19.1 Å². The maximum atomic E-state index is 12.9. The number of benzene rings is 1. The minimum atomic E-state index is -0.285. The van der Waals surface area contributed by atoms with Crippen molar-refractivity contribution < 1.29 is 13.9 Å². The molecule has 0 spiro atoms. The summed E-state index contributed by atoms with van der Waals surface area (Å²) in [6.07, 6.45) is 1.90. The van der Waals surface area contributed by atoms with Crippen LogP contribution in [0.25, 0.3) is 0 Å². The molecular formula is C18H21FN2O2S. The van der Waals surface area contributed by atoms with Crippen molar-refractivity contribution in [1.82, 2.24) is 10.2 Å². The molecule has 0 aliphatic carbocycles. The van der Waals surface area contributed by atoms with Gasteiger partial charge in [0.25, 0.3) is 0 Å². The molecule has 24 heavy (non-hydrogen) atoms. The lowest BCUT2D eigenvalue weighted by atomic mass is 10.1. The number of amides is 2. The molecule has 3 rings (SSSR count). The molecule has 2 heterocycles. The van der Waals surface area contributed by atoms with Crippen LogP contribution in [0.1, 0.15) is 30.7 Å². The van der Waals surface area contributed by atoms with E-state index in [1.54, 1.807) is 28.4 Å². The molecule has 1 saturated heterocycles. The van der Waals surface area contributed by atoms with Gasteiger partial charge in [-0.25, -0.2) is 9.18 Å². The van der Waals surface area contributed by atoms with Crippen molar-refractivity contribution in [2.24, 2.45) is 0 Å². The van der Waals surface area contributed by atoms with Gasteiger partial charge in [0.2, 0.25) is 0 Å². The molecule has 0 unspecified atom stereocenters. The SMILES string of the molecule is CCC[C@@H](NC(=O)N1CC(Oc2ccc(F)cc2)C1)c1cccs1. The predicted molar refractivity (Wildman–Crippen MR) is 92.9 cm³/mol. The summed E-state index contributed by atoms with van der Waals surface area (Å²) in [4.78, 5) is 15.3. The lowest BCUT2D eigenvalue weighted by Gasteiger charge is -2.39. The van der Waals surface area contributed by atoms with Gasteiger partial charge >= 0.3 is 6.03 Å². The fourth-order valence-electron chi connectivity index (χ4n) is 2.69. The first kappa shape index (κ1) is 16.8. The Morgan fingerprint density at radius 2 is 2.12 bits per heavy atom. The summed E-state index contributed by atoms with van der Waals surface area (Å²) in [6.45, 7) is 3.21. The number of nitrogens with zero attached hydrogens (tertiary/aromatic N) is 1. The monoisotopic (exact) mass is 348 g/mol. The molecule has 0 radical (unpaired) electrons. The molecule has 2 aromatic rings. The minimum absolute atomic E-state index is 0.0347.